The molecule has 1 N–H and O–H groups in total. The summed E-state index contributed by atoms with van der Waals surface area (Å²) in [6.45, 7) is 4.65. The Labute approximate surface area is 218 Å². The summed E-state index contributed by atoms with van der Waals surface area (Å²) in [7, 11) is 1.67. The molecule has 2 aromatic carbocycles. The molecule has 4 atom stereocenters. The number of hydrogen-bond donors (Lipinski definition) is 1. The van der Waals surface area contributed by atoms with Crippen molar-refractivity contribution in [3.8, 4) is 5.75 Å². The van der Waals surface area contributed by atoms with Crippen molar-refractivity contribution in [3.63, 3.8) is 0 Å². The number of rotatable bonds is 6. The predicted octanol–water partition coefficient (Wildman–Crippen LogP) is 6.06. The summed E-state index contributed by atoms with van der Waals surface area (Å²) in [6.07, 6.45) is 4.56. The number of fused-ring (bicyclic) bond motifs is 2. The van der Waals surface area contributed by atoms with Crippen molar-refractivity contribution in [2.45, 2.75) is 56.8 Å². The highest BCUT2D eigenvalue weighted by atomic mass is 79.9. The average molecular weight is 549 g/mol. The lowest BCUT2D eigenvalue weighted by atomic mass is 9.95. The number of nitrogens with one attached hydrogen (secondary N) is 1. The predicted molar refractivity (Wildman–Crippen MR) is 142 cm³/mol. The zero-order chi connectivity index (χ0) is 24.9. The van der Waals surface area contributed by atoms with Gasteiger partial charge in [0.05, 0.1) is 24.6 Å². The van der Waals surface area contributed by atoms with E-state index in [4.69, 9.17) is 14.2 Å². The normalized spacial score (nSPS) is 24.7. The quantitative estimate of drug-likeness (QED) is 0.315. The van der Waals surface area contributed by atoms with Gasteiger partial charge in [0, 0.05) is 23.1 Å². The highest BCUT2D eigenvalue weighted by Gasteiger charge is 2.55. The SMILES string of the molecule is COc1ccc(CNc2ncnc3c2ccn3[C@@H]2C[C@H](c3cccc(Br)c3)[C@H]3OC(C)(C)O[C@H]32)cc1. The van der Waals surface area contributed by atoms with Gasteiger partial charge in [0.15, 0.2) is 5.79 Å². The van der Waals surface area contributed by atoms with Crippen LogP contribution >= 0.6 is 15.9 Å². The molecule has 36 heavy (non-hydrogen) atoms. The number of halogens is 1. The molecule has 3 heterocycles. The molecule has 4 aromatic rings. The van der Waals surface area contributed by atoms with Gasteiger partial charge >= 0.3 is 0 Å². The number of benzene rings is 2. The number of methoxy groups -OCH3 is 1. The van der Waals surface area contributed by atoms with Crippen LogP contribution in [0.15, 0.2) is 71.6 Å². The van der Waals surface area contributed by atoms with Gasteiger partial charge in [-0.3, -0.25) is 0 Å². The third-order valence-corrected chi connectivity index (χ3v) is 7.69. The minimum absolute atomic E-state index is 0.0220. The number of ether oxygens (including phenoxy) is 3. The molecule has 0 bridgehead atoms. The first kappa shape index (κ1) is 23.5. The van der Waals surface area contributed by atoms with Gasteiger partial charge in [-0.15, -0.1) is 0 Å². The van der Waals surface area contributed by atoms with Crippen LogP contribution in [0.4, 0.5) is 5.82 Å². The van der Waals surface area contributed by atoms with Crippen LogP contribution in [0, 0.1) is 0 Å². The minimum atomic E-state index is -0.624. The molecule has 1 saturated heterocycles. The van der Waals surface area contributed by atoms with Gasteiger partial charge in [-0.05, 0) is 61.7 Å². The maximum Gasteiger partial charge on any atom is 0.163 e. The second kappa shape index (κ2) is 9.18. The van der Waals surface area contributed by atoms with E-state index in [-0.39, 0.29) is 24.2 Å². The van der Waals surface area contributed by atoms with E-state index >= 15 is 0 Å². The maximum atomic E-state index is 6.47. The Morgan fingerprint density at radius 2 is 1.89 bits per heavy atom. The van der Waals surface area contributed by atoms with Crippen molar-refractivity contribution in [3.05, 3.63) is 82.7 Å². The van der Waals surface area contributed by atoms with Gasteiger partial charge in [0.1, 0.15) is 29.6 Å². The molecule has 0 radical (unpaired) electrons. The lowest BCUT2D eigenvalue weighted by Crippen LogP contribution is -2.27. The van der Waals surface area contributed by atoms with Gasteiger partial charge in [-0.25, -0.2) is 9.97 Å². The van der Waals surface area contributed by atoms with Crippen LogP contribution in [0.5, 0.6) is 5.75 Å². The van der Waals surface area contributed by atoms with Crippen molar-refractivity contribution in [1.82, 2.24) is 14.5 Å². The number of nitrogens with zero attached hydrogens (tertiary/aromatic N) is 3. The van der Waals surface area contributed by atoms with E-state index < -0.39 is 5.79 Å². The largest absolute Gasteiger partial charge is 0.497 e. The topological polar surface area (TPSA) is 70.4 Å². The van der Waals surface area contributed by atoms with Crippen molar-refractivity contribution < 1.29 is 14.2 Å². The van der Waals surface area contributed by atoms with E-state index in [0.29, 0.717) is 6.54 Å². The van der Waals surface area contributed by atoms with E-state index in [2.05, 4.69) is 84.4 Å². The molecule has 186 valence electrons. The fourth-order valence-corrected chi connectivity index (χ4v) is 6.01. The third-order valence-electron chi connectivity index (χ3n) is 7.20. The molecule has 2 aromatic heterocycles. The summed E-state index contributed by atoms with van der Waals surface area (Å²) >= 11 is 3.63. The van der Waals surface area contributed by atoms with Crippen LogP contribution in [-0.2, 0) is 16.0 Å². The zero-order valence-electron chi connectivity index (χ0n) is 20.5. The van der Waals surface area contributed by atoms with Gasteiger partial charge in [0.25, 0.3) is 0 Å². The molecule has 1 aliphatic carbocycles. The summed E-state index contributed by atoms with van der Waals surface area (Å²) in [5.41, 5.74) is 3.31. The molecule has 1 saturated carbocycles. The Kier molecular flexibility index (Phi) is 5.98. The highest BCUT2D eigenvalue weighted by molar-refractivity contribution is 9.10. The average Bonchev–Trinajstić information content (AvgIpc) is 3.53. The molecule has 0 spiro atoms. The molecular weight excluding hydrogens is 520 g/mol. The van der Waals surface area contributed by atoms with Gasteiger partial charge in [-0.2, -0.15) is 0 Å². The highest BCUT2D eigenvalue weighted by Crippen LogP contribution is 2.51. The van der Waals surface area contributed by atoms with E-state index in [1.807, 2.05) is 26.0 Å². The minimum Gasteiger partial charge on any atom is -0.497 e. The van der Waals surface area contributed by atoms with Crippen molar-refractivity contribution in [2.24, 2.45) is 0 Å². The Balaban J connectivity index is 1.30. The first-order chi connectivity index (χ1) is 17.4. The third kappa shape index (κ3) is 4.27. The maximum absolute atomic E-state index is 6.47. The first-order valence-corrected chi connectivity index (χ1v) is 13.0. The van der Waals surface area contributed by atoms with Crippen LogP contribution in [-0.4, -0.2) is 39.6 Å². The standard InChI is InChI=1S/C28H29BrN4O3/c1-28(2)35-24-22(18-5-4-6-19(29)13-18)14-23(25(24)36-28)33-12-11-21-26(31-16-32-27(21)33)30-15-17-7-9-20(34-3)10-8-17/h4-13,16,22-25H,14-15H2,1-3H3,(H,30,31,32)/t22-,23-,24-,25+/m1/s1. The smallest absolute Gasteiger partial charge is 0.163 e. The zero-order valence-corrected chi connectivity index (χ0v) is 22.1. The monoisotopic (exact) mass is 548 g/mol. The summed E-state index contributed by atoms with van der Waals surface area (Å²) in [4.78, 5) is 9.21. The molecule has 7 nitrogen and oxygen atoms in total. The Bertz CT molecular complexity index is 1390. The van der Waals surface area contributed by atoms with E-state index in [1.54, 1.807) is 13.4 Å². The van der Waals surface area contributed by atoms with E-state index in [0.717, 1.165) is 39.1 Å². The fraction of sp³-hybridized carbons (Fsp3) is 0.357. The number of hydrogen-bond acceptors (Lipinski definition) is 6. The Hall–Kier alpha value is -2.94. The van der Waals surface area contributed by atoms with Crippen LogP contribution in [0.1, 0.15) is 43.4 Å². The van der Waals surface area contributed by atoms with Crippen LogP contribution in [0.3, 0.4) is 0 Å². The summed E-state index contributed by atoms with van der Waals surface area (Å²) < 4.78 is 21.5. The molecule has 6 rings (SSSR count). The van der Waals surface area contributed by atoms with Gasteiger partial charge in [-0.1, -0.05) is 40.2 Å². The van der Waals surface area contributed by atoms with E-state index in [9.17, 15) is 0 Å². The van der Waals surface area contributed by atoms with Crippen molar-refractivity contribution >= 4 is 32.8 Å². The second-order valence-corrected chi connectivity index (χ2v) is 10.8. The van der Waals surface area contributed by atoms with Crippen LogP contribution in [0.2, 0.25) is 0 Å². The first-order valence-electron chi connectivity index (χ1n) is 12.2. The van der Waals surface area contributed by atoms with Crippen molar-refractivity contribution in [1.29, 1.82) is 0 Å². The number of aromatic nitrogens is 3. The fourth-order valence-electron chi connectivity index (χ4n) is 5.60. The summed E-state index contributed by atoms with van der Waals surface area (Å²) in [5, 5.41) is 4.47. The summed E-state index contributed by atoms with van der Waals surface area (Å²) in [5.74, 6) is 1.27. The second-order valence-electron chi connectivity index (χ2n) is 9.91. The molecule has 0 amide bonds. The molecule has 8 heteroatoms. The Morgan fingerprint density at radius 3 is 2.67 bits per heavy atom. The molecule has 0 unspecified atom stereocenters. The molecular formula is C28H29BrN4O3. The van der Waals surface area contributed by atoms with Gasteiger partial charge in [0.2, 0.25) is 0 Å². The molecule has 2 fully saturated rings. The summed E-state index contributed by atoms with van der Waals surface area (Å²) in [6, 6.07) is 18.7. The van der Waals surface area contributed by atoms with Crippen LogP contribution in [0.25, 0.3) is 11.0 Å². The lowest BCUT2D eigenvalue weighted by Gasteiger charge is -2.24. The Morgan fingerprint density at radius 1 is 1.08 bits per heavy atom. The van der Waals surface area contributed by atoms with Crippen molar-refractivity contribution in [2.75, 3.05) is 12.4 Å². The van der Waals surface area contributed by atoms with Crippen LogP contribution < -0.4 is 10.1 Å². The van der Waals surface area contributed by atoms with E-state index in [1.165, 1.54) is 5.56 Å². The number of anilines is 1. The molecule has 1 aliphatic heterocycles. The van der Waals surface area contributed by atoms with Gasteiger partial charge < -0.3 is 24.1 Å². The molecule has 2 aliphatic rings. The lowest BCUT2D eigenvalue weighted by molar-refractivity contribution is -0.157.